The van der Waals surface area contributed by atoms with Gasteiger partial charge < -0.3 is 9.32 Å². The predicted octanol–water partition coefficient (Wildman–Crippen LogP) is 5.03. The minimum Gasteiger partial charge on any atom is -0.459 e. The van der Waals surface area contributed by atoms with E-state index in [0.717, 1.165) is 19.3 Å². The van der Waals surface area contributed by atoms with Crippen molar-refractivity contribution in [3.63, 3.8) is 0 Å². The van der Waals surface area contributed by atoms with Gasteiger partial charge in [-0.3, -0.25) is 4.79 Å². The molecule has 0 radical (unpaired) electrons. The maximum atomic E-state index is 13.0. The number of benzene rings is 1. The van der Waals surface area contributed by atoms with Gasteiger partial charge in [0.25, 0.3) is 5.91 Å². The number of fused-ring (bicyclic) bond motifs is 1. The molecule has 0 spiro atoms. The lowest BCUT2D eigenvalue weighted by Gasteiger charge is -2.52. The highest BCUT2D eigenvalue weighted by atomic mass is 35.5. The van der Waals surface area contributed by atoms with Gasteiger partial charge in [0, 0.05) is 12.5 Å². The second-order valence-electron chi connectivity index (χ2n) is 6.97. The summed E-state index contributed by atoms with van der Waals surface area (Å²) in [5.74, 6) is 0.676. The lowest BCUT2D eigenvalue weighted by atomic mass is 9.68. The lowest BCUT2D eigenvalue weighted by molar-refractivity contribution is 0.0255. The van der Waals surface area contributed by atoms with Crippen LogP contribution in [0.3, 0.4) is 0 Å². The standard InChI is InChI=1S/C20H22ClNO2/c21-20-11-5-4-9-16(20)18(15-7-2-1-3-8-15)22(13-12-20)19(23)17-10-6-14-24-17/h1-3,6-8,10,14,16,18H,4-5,9,11-13H2/t16-,18+,20+/m0/s1. The second kappa shape index (κ2) is 6.29. The summed E-state index contributed by atoms with van der Waals surface area (Å²) in [4.78, 5) is 14.8. The first kappa shape index (κ1) is 15.8. The molecule has 3 atom stereocenters. The summed E-state index contributed by atoms with van der Waals surface area (Å²) < 4.78 is 5.37. The number of amides is 1. The molecule has 126 valence electrons. The predicted molar refractivity (Wildman–Crippen MR) is 94.1 cm³/mol. The number of carbonyl (C=O) groups is 1. The number of nitrogens with zero attached hydrogens (tertiary/aromatic N) is 1. The summed E-state index contributed by atoms with van der Waals surface area (Å²) in [6.45, 7) is 0.680. The number of halogens is 1. The third kappa shape index (κ3) is 2.65. The van der Waals surface area contributed by atoms with Crippen molar-refractivity contribution >= 4 is 17.5 Å². The Morgan fingerprint density at radius 1 is 1.12 bits per heavy atom. The Balaban J connectivity index is 1.74. The van der Waals surface area contributed by atoms with Crippen LogP contribution < -0.4 is 0 Å². The van der Waals surface area contributed by atoms with Crippen molar-refractivity contribution in [2.24, 2.45) is 5.92 Å². The van der Waals surface area contributed by atoms with E-state index < -0.39 is 0 Å². The molecule has 1 aliphatic carbocycles. The van der Waals surface area contributed by atoms with Gasteiger partial charge in [-0.25, -0.2) is 0 Å². The molecule has 1 aromatic carbocycles. The Labute approximate surface area is 147 Å². The van der Waals surface area contributed by atoms with Crippen LogP contribution in [-0.4, -0.2) is 22.2 Å². The van der Waals surface area contributed by atoms with Gasteiger partial charge >= 0.3 is 0 Å². The van der Waals surface area contributed by atoms with Crippen LogP contribution in [0.2, 0.25) is 0 Å². The number of carbonyl (C=O) groups excluding carboxylic acids is 1. The monoisotopic (exact) mass is 343 g/mol. The first-order chi connectivity index (χ1) is 11.7. The van der Waals surface area contributed by atoms with Crippen LogP contribution in [0, 0.1) is 5.92 Å². The number of hydrogen-bond acceptors (Lipinski definition) is 2. The highest BCUT2D eigenvalue weighted by Gasteiger charge is 2.50. The van der Waals surface area contributed by atoms with E-state index in [1.165, 1.54) is 18.4 Å². The van der Waals surface area contributed by atoms with Crippen molar-refractivity contribution in [1.82, 2.24) is 4.90 Å². The summed E-state index contributed by atoms with van der Waals surface area (Å²) in [5, 5.41) is 0. The summed E-state index contributed by atoms with van der Waals surface area (Å²) in [6.07, 6.45) is 6.91. The molecular weight excluding hydrogens is 322 g/mol. The molecule has 2 aromatic rings. The van der Waals surface area contributed by atoms with Crippen molar-refractivity contribution in [2.45, 2.75) is 43.0 Å². The van der Waals surface area contributed by atoms with Gasteiger partial charge in [-0.05, 0) is 37.0 Å². The van der Waals surface area contributed by atoms with Crippen LogP contribution in [0.5, 0.6) is 0 Å². The molecule has 2 aliphatic rings. The van der Waals surface area contributed by atoms with Gasteiger partial charge in [-0.15, -0.1) is 11.6 Å². The zero-order chi connectivity index (χ0) is 16.6. The molecule has 2 heterocycles. The van der Waals surface area contributed by atoms with Crippen LogP contribution in [0.25, 0.3) is 0 Å². The van der Waals surface area contributed by atoms with E-state index in [0.29, 0.717) is 18.2 Å². The van der Waals surface area contributed by atoms with Crippen LogP contribution in [-0.2, 0) is 0 Å². The Hall–Kier alpha value is -1.74. The molecular formula is C20H22ClNO2. The maximum Gasteiger partial charge on any atom is 0.290 e. The van der Waals surface area contributed by atoms with Gasteiger partial charge in [0.1, 0.15) is 0 Å². The second-order valence-corrected chi connectivity index (χ2v) is 7.72. The molecule has 24 heavy (non-hydrogen) atoms. The van der Waals surface area contributed by atoms with Gasteiger partial charge in [0.15, 0.2) is 5.76 Å². The van der Waals surface area contributed by atoms with Gasteiger partial charge in [0.2, 0.25) is 0 Å². The number of furan rings is 1. The highest BCUT2D eigenvalue weighted by molar-refractivity contribution is 6.24. The smallest absolute Gasteiger partial charge is 0.290 e. The molecule has 0 bridgehead atoms. The third-order valence-corrected chi connectivity index (χ3v) is 6.30. The van der Waals surface area contributed by atoms with Crippen molar-refractivity contribution < 1.29 is 9.21 Å². The zero-order valence-electron chi connectivity index (χ0n) is 13.7. The third-order valence-electron chi connectivity index (χ3n) is 5.64. The Bertz CT molecular complexity index is 700. The fourth-order valence-electron chi connectivity index (χ4n) is 4.47. The largest absolute Gasteiger partial charge is 0.459 e. The minimum atomic E-state index is -0.182. The van der Waals surface area contributed by atoms with Gasteiger partial charge in [0.05, 0.1) is 17.2 Å². The van der Waals surface area contributed by atoms with E-state index in [9.17, 15) is 4.79 Å². The van der Waals surface area contributed by atoms with Crippen molar-refractivity contribution in [1.29, 1.82) is 0 Å². The van der Waals surface area contributed by atoms with Crippen molar-refractivity contribution in [3.05, 3.63) is 60.1 Å². The molecule has 0 unspecified atom stereocenters. The summed E-state index contributed by atoms with van der Waals surface area (Å²) in [7, 11) is 0. The first-order valence-electron chi connectivity index (χ1n) is 8.77. The van der Waals surface area contributed by atoms with E-state index in [2.05, 4.69) is 12.1 Å². The molecule has 4 rings (SSSR count). The number of piperidine rings is 1. The highest BCUT2D eigenvalue weighted by Crippen LogP contribution is 2.52. The molecule has 0 N–H and O–H groups in total. The molecule has 1 saturated heterocycles. The van der Waals surface area contributed by atoms with E-state index in [1.807, 2.05) is 23.1 Å². The SMILES string of the molecule is O=C(c1ccco1)N1CC[C@]2(Cl)CCCC[C@H]2[C@H]1c1ccccc1. The Morgan fingerprint density at radius 3 is 2.71 bits per heavy atom. The van der Waals surface area contributed by atoms with E-state index >= 15 is 0 Å². The quantitative estimate of drug-likeness (QED) is 0.716. The normalized spacial score (nSPS) is 30.0. The first-order valence-corrected chi connectivity index (χ1v) is 9.15. The van der Waals surface area contributed by atoms with E-state index in [1.54, 1.807) is 18.4 Å². The number of hydrogen-bond donors (Lipinski definition) is 0. The summed E-state index contributed by atoms with van der Waals surface area (Å²) in [5.41, 5.74) is 1.18. The van der Waals surface area contributed by atoms with Gasteiger partial charge in [-0.2, -0.15) is 0 Å². The molecule has 1 aliphatic heterocycles. The zero-order valence-corrected chi connectivity index (χ0v) is 14.4. The minimum absolute atomic E-state index is 0.0235. The fraction of sp³-hybridized carbons (Fsp3) is 0.450. The van der Waals surface area contributed by atoms with Crippen molar-refractivity contribution in [3.8, 4) is 0 Å². The van der Waals surface area contributed by atoms with Crippen molar-refractivity contribution in [2.75, 3.05) is 6.54 Å². The van der Waals surface area contributed by atoms with Gasteiger partial charge in [-0.1, -0.05) is 43.2 Å². The summed E-state index contributed by atoms with van der Waals surface area (Å²) in [6, 6.07) is 13.9. The van der Waals surface area contributed by atoms with Crippen LogP contribution in [0.1, 0.15) is 54.3 Å². The molecule has 1 saturated carbocycles. The average Bonchev–Trinajstić information content (AvgIpc) is 3.15. The van der Waals surface area contributed by atoms with E-state index in [4.69, 9.17) is 16.0 Å². The average molecular weight is 344 g/mol. The molecule has 4 heteroatoms. The van der Waals surface area contributed by atoms with Crippen LogP contribution in [0.4, 0.5) is 0 Å². The summed E-state index contributed by atoms with van der Waals surface area (Å²) >= 11 is 7.06. The Morgan fingerprint density at radius 2 is 1.96 bits per heavy atom. The lowest BCUT2D eigenvalue weighted by Crippen LogP contribution is -2.53. The molecule has 3 nitrogen and oxygen atoms in total. The van der Waals surface area contributed by atoms with E-state index in [-0.39, 0.29) is 16.8 Å². The molecule has 1 aromatic heterocycles. The van der Waals surface area contributed by atoms with Crippen LogP contribution in [0.15, 0.2) is 53.1 Å². The molecule has 2 fully saturated rings. The maximum absolute atomic E-state index is 13.0. The Kier molecular flexibility index (Phi) is 4.13. The van der Waals surface area contributed by atoms with Crippen LogP contribution >= 0.6 is 11.6 Å². The molecule has 1 amide bonds. The topological polar surface area (TPSA) is 33.5 Å². The number of likely N-dealkylation sites (tertiary alicyclic amines) is 1. The fourth-order valence-corrected chi connectivity index (χ4v) is 4.92. The number of alkyl halides is 1. The number of rotatable bonds is 2.